The summed E-state index contributed by atoms with van der Waals surface area (Å²) in [4.78, 5) is 16.0. The van der Waals surface area contributed by atoms with E-state index in [0.717, 1.165) is 5.39 Å². The van der Waals surface area contributed by atoms with Gasteiger partial charge in [0, 0.05) is 11.6 Å². The van der Waals surface area contributed by atoms with Crippen molar-refractivity contribution in [1.29, 1.82) is 0 Å². The van der Waals surface area contributed by atoms with Gasteiger partial charge in [-0.1, -0.05) is 11.6 Å². The van der Waals surface area contributed by atoms with Gasteiger partial charge in [-0.15, -0.1) is 0 Å². The van der Waals surface area contributed by atoms with Crippen molar-refractivity contribution >= 4 is 34.1 Å². The minimum Gasteiger partial charge on any atom is -0.369 e. The average molecular weight is 279 g/mol. The number of hydrogen-bond donors (Lipinski definition) is 1. The maximum absolute atomic E-state index is 11.8. The van der Waals surface area contributed by atoms with Crippen molar-refractivity contribution in [2.75, 3.05) is 11.9 Å². The second kappa shape index (κ2) is 5.99. The molecule has 1 aromatic heterocycles. The topological polar surface area (TPSA) is 51.2 Å². The van der Waals surface area contributed by atoms with Crippen LogP contribution in [0.1, 0.15) is 13.8 Å². The SMILES string of the molecule is CC(C)OCC(=O)Nc1ccc(Cl)c2ncccc12. The third kappa shape index (κ3) is 3.43. The lowest BCUT2D eigenvalue weighted by molar-refractivity contribution is -0.121. The molecule has 0 aliphatic heterocycles. The summed E-state index contributed by atoms with van der Waals surface area (Å²) in [5.74, 6) is -0.193. The summed E-state index contributed by atoms with van der Waals surface area (Å²) in [7, 11) is 0. The van der Waals surface area contributed by atoms with Gasteiger partial charge >= 0.3 is 0 Å². The first kappa shape index (κ1) is 13.8. The van der Waals surface area contributed by atoms with Crippen LogP contribution in [0.5, 0.6) is 0 Å². The number of benzene rings is 1. The van der Waals surface area contributed by atoms with E-state index < -0.39 is 0 Å². The molecule has 0 aliphatic rings. The molecule has 2 aromatic rings. The van der Waals surface area contributed by atoms with Gasteiger partial charge in [-0.25, -0.2) is 0 Å². The minimum absolute atomic E-state index is 0.0226. The maximum Gasteiger partial charge on any atom is 0.250 e. The lowest BCUT2D eigenvalue weighted by Gasteiger charge is -2.10. The standard InChI is InChI=1S/C14H15ClN2O2/c1-9(2)19-8-13(18)17-12-6-5-11(15)14-10(12)4-3-7-16-14/h3-7,9H,8H2,1-2H3,(H,17,18). The molecule has 5 heteroatoms. The largest absolute Gasteiger partial charge is 0.369 e. The minimum atomic E-state index is -0.193. The number of amides is 1. The number of carbonyl (C=O) groups excluding carboxylic acids is 1. The molecular formula is C14H15ClN2O2. The van der Waals surface area contributed by atoms with Crippen molar-refractivity contribution in [2.45, 2.75) is 20.0 Å². The molecule has 1 aromatic carbocycles. The molecule has 0 spiro atoms. The summed E-state index contributed by atoms with van der Waals surface area (Å²) in [6, 6.07) is 7.15. The lowest BCUT2D eigenvalue weighted by atomic mass is 10.2. The fourth-order valence-electron chi connectivity index (χ4n) is 1.68. The summed E-state index contributed by atoms with van der Waals surface area (Å²) in [6.07, 6.45) is 1.69. The zero-order chi connectivity index (χ0) is 13.8. The number of nitrogens with one attached hydrogen (secondary N) is 1. The normalized spacial score (nSPS) is 10.9. The molecule has 2 rings (SSSR count). The van der Waals surface area contributed by atoms with E-state index in [1.807, 2.05) is 19.9 Å². The highest BCUT2D eigenvalue weighted by Gasteiger charge is 2.09. The molecule has 4 nitrogen and oxygen atoms in total. The van der Waals surface area contributed by atoms with E-state index in [4.69, 9.17) is 16.3 Å². The van der Waals surface area contributed by atoms with Crippen molar-refractivity contribution in [1.82, 2.24) is 4.98 Å². The highest BCUT2D eigenvalue weighted by molar-refractivity contribution is 6.35. The Morgan fingerprint density at radius 1 is 1.42 bits per heavy atom. The highest BCUT2D eigenvalue weighted by Crippen LogP contribution is 2.27. The molecule has 1 heterocycles. The van der Waals surface area contributed by atoms with Gasteiger partial charge in [0.1, 0.15) is 6.61 Å². The van der Waals surface area contributed by atoms with Crippen LogP contribution in [0.3, 0.4) is 0 Å². The zero-order valence-electron chi connectivity index (χ0n) is 10.8. The van der Waals surface area contributed by atoms with Crippen LogP contribution in [0.4, 0.5) is 5.69 Å². The molecule has 100 valence electrons. The third-order valence-electron chi connectivity index (χ3n) is 2.54. The zero-order valence-corrected chi connectivity index (χ0v) is 11.6. The van der Waals surface area contributed by atoms with E-state index >= 15 is 0 Å². The summed E-state index contributed by atoms with van der Waals surface area (Å²) < 4.78 is 5.26. The van der Waals surface area contributed by atoms with Gasteiger partial charge in [0.25, 0.3) is 0 Å². The second-order valence-corrected chi connectivity index (χ2v) is 4.81. The average Bonchev–Trinajstić information content (AvgIpc) is 2.40. The second-order valence-electron chi connectivity index (χ2n) is 4.40. The Balaban J connectivity index is 2.21. The van der Waals surface area contributed by atoms with E-state index in [1.165, 1.54) is 0 Å². The number of carbonyl (C=O) groups is 1. The van der Waals surface area contributed by atoms with Crippen LogP contribution in [0.2, 0.25) is 5.02 Å². The molecule has 0 radical (unpaired) electrons. The van der Waals surface area contributed by atoms with E-state index in [9.17, 15) is 4.79 Å². The first-order valence-electron chi connectivity index (χ1n) is 6.02. The number of halogens is 1. The first-order chi connectivity index (χ1) is 9.08. The van der Waals surface area contributed by atoms with Crippen LogP contribution in [-0.2, 0) is 9.53 Å². The Morgan fingerprint density at radius 2 is 2.21 bits per heavy atom. The first-order valence-corrected chi connectivity index (χ1v) is 6.40. The van der Waals surface area contributed by atoms with Crippen molar-refractivity contribution in [3.8, 4) is 0 Å². The van der Waals surface area contributed by atoms with E-state index in [1.54, 1.807) is 24.4 Å². The third-order valence-corrected chi connectivity index (χ3v) is 2.85. The summed E-state index contributed by atoms with van der Waals surface area (Å²) in [6.45, 7) is 3.80. The number of aromatic nitrogens is 1. The number of anilines is 1. The van der Waals surface area contributed by atoms with E-state index in [2.05, 4.69) is 10.3 Å². The predicted molar refractivity (Wildman–Crippen MR) is 76.5 cm³/mol. The van der Waals surface area contributed by atoms with Gasteiger partial charge < -0.3 is 10.1 Å². The quantitative estimate of drug-likeness (QED) is 0.934. The van der Waals surface area contributed by atoms with E-state index in [0.29, 0.717) is 16.2 Å². The Morgan fingerprint density at radius 3 is 2.95 bits per heavy atom. The fraction of sp³-hybridized carbons (Fsp3) is 0.286. The molecule has 19 heavy (non-hydrogen) atoms. The molecule has 0 bridgehead atoms. The molecule has 0 atom stereocenters. The Kier molecular flexibility index (Phi) is 4.35. The number of rotatable bonds is 4. The smallest absolute Gasteiger partial charge is 0.250 e. The fourth-order valence-corrected chi connectivity index (χ4v) is 1.89. The number of ether oxygens (including phenoxy) is 1. The van der Waals surface area contributed by atoms with Gasteiger partial charge in [-0.3, -0.25) is 9.78 Å². The van der Waals surface area contributed by atoms with Gasteiger partial charge in [-0.2, -0.15) is 0 Å². The Bertz CT molecular complexity index is 599. The van der Waals surface area contributed by atoms with E-state index in [-0.39, 0.29) is 18.6 Å². The van der Waals surface area contributed by atoms with Crippen LogP contribution in [0.15, 0.2) is 30.5 Å². The summed E-state index contributed by atoms with van der Waals surface area (Å²) >= 11 is 6.07. The van der Waals surface area contributed by atoms with Crippen molar-refractivity contribution in [2.24, 2.45) is 0 Å². The molecule has 0 aliphatic carbocycles. The molecule has 0 fully saturated rings. The predicted octanol–water partition coefficient (Wildman–Crippen LogP) is 3.25. The highest BCUT2D eigenvalue weighted by atomic mass is 35.5. The van der Waals surface area contributed by atoms with Gasteiger partial charge in [0.05, 0.1) is 22.3 Å². The molecule has 1 amide bonds. The number of pyridine rings is 1. The molecule has 0 saturated heterocycles. The van der Waals surface area contributed by atoms with Crippen molar-refractivity contribution < 1.29 is 9.53 Å². The molecule has 0 saturated carbocycles. The van der Waals surface area contributed by atoms with Crippen LogP contribution < -0.4 is 5.32 Å². The monoisotopic (exact) mass is 278 g/mol. The van der Waals surface area contributed by atoms with Crippen molar-refractivity contribution in [3.63, 3.8) is 0 Å². The van der Waals surface area contributed by atoms with Crippen molar-refractivity contribution in [3.05, 3.63) is 35.5 Å². The molecular weight excluding hydrogens is 264 g/mol. The van der Waals surface area contributed by atoms with Crippen LogP contribution in [0.25, 0.3) is 10.9 Å². The number of fused-ring (bicyclic) bond motifs is 1. The van der Waals surface area contributed by atoms with Gasteiger partial charge in [-0.05, 0) is 38.1 Å². The van der Waals surface area contributed by atoms with Crippen LogP contribution in [0, 0.1) is 0 Å². The van der Waals surface area contributed by atoms with Crippen LogP contribution in [-0.4, -0.2) is 23.6 Å². The molecule has 1 N–H and O–H groups in total. The lowest BCUT2D eigenvalue weighted by Crippen LogP contribution is -2.20. The number of nitrogens with zero attached hydrogens (tertiary/aromatic N) is 1. The molecule has 0 unspecified atom stereocenters. The Labute approximate surface area is 116 Å². The van der Waals surface area contributed by atoms with Gasteiger partial charge in [0.15, 0.2) is 0 Å². The summed E-state index contributed by atoms with van der Waals surface area (Å²) in [5.41, 5.74) is 1.36. The Hall–Kier alpha value is -1.65. The van der Waals surface area contributed by atoms with Gasteiger partial charge in [0.2, 0.25) is 5.91 Å². The number of hydrogen-bond acceptors (Lipinski definition) is 3. The summed E-state index contributed by atoms with van der Waals surface area (Å²) in [5, 5.41) is 4.18. The van der Waals surface area contributed by atoms with Crippen LogP contribution >= 0.6 is 11.6 Å². The maximum atomic E-state index is 11.8.